The lowest BCUT2D eigenvalue weighted by molar-refractivity contribution is -0.121. The number of ether oxygens (including phenoxy) is 2. The average molecular weight is 352 g/mol. The second-order valence-corrected chi connectivity index (χ2v) is 6.16. The van der Waals surface area contributed by atoms with E-state index < -0.39 is 0 Å². The first kappa shape index (κ1) is 18.0. The highest BCUT2D eigenvalue weighted by Gasteiger charge is 2.21. The van der Waals surface area contributed by atoms with Crippen molar-refractivity contribution in [2.75, 3.05) is 27.4 Å². The lowest BCUT2D eigenvalue weighted by Crippen LogP contribution is -2.28. The number of benzene rings is 2. The predicted octanol–water partition coefficient (Wildman–Crippen LogP) is 3.46. The molecule has 2 N–H and O–H groups in total. The summed E-state index contributed by atoms with van der Waals surface area (Å²) in [5.74, 6) is 0.767. The van der Waals surface area contributed by atoms with Crippen LogP contribution in [0.5, 0.6) is 5.75 Å². The van der Waals surface area contributed by atoms with E-state index in [1.807, 2.05) is 48.7 Å². The second kappa shape index (κ2) is 8.54. The zero-order valence-corrected chi connectivity index (χ0v) is 15.1. The number of rotatable bonds is 8. The van der Waals surface area contributed by atoms with Crippen molar-refractivity contribution in [3.8, 4) is 5.75 Å². The number of hydrogen-bond acceptors (Lipinski definition) is 3. The molecule has 1 aromatic heterocycles. The smallest absolute Gasteiger partial charge is 0.221 e. The van der Waals surface area contributed by atoms with Gasteiger partial charge in [0, 0.05) is 43.1 Å². The standard InChI is InChI=1S/C21H24N2O3/c1-25-12-11-22-21(24)13-18(15-7-9-16(26-2)10-8-15)19-14-23-20-6-4-3-5-17(19)20/h3-10,14,18,23H,11-13H2,1-2H3,(H,22,24). The van der Waals surface area contributed by atoms with E-state index in [-0.39, 0.29) is 11.8 Å². The topological polar surface area (TPSA) is 63.4 Å². The number of para-hydroxylation sites is 1. The molecule has 0 spiro atoms. The quantitative estimate of drug-likeness (QED) is 0.610. The minimum absolute atomic E-state index is 0.00755. The van der Waals surface area contributed by atoms with Crippen molar-refractivity contribution in [1.29, 1.82) is 0 Å². The zero-order valence-electron chi connectivity index (χ0n) is 15.1. The Balaban J connectivity index is 1.91. The van der Waals surface area contributed by atoms with E-state index in [1.165, 1.54) is 0 Å². The van der Waals surface area contributed by atoms with Gasteiger partial charge in [0.2, 0.25) is 5.91 Å². The van der Waals surface area contributed by atoms with Crippen LogP contribution in [0.2, 0.25) is 0 Å². The maximum atomic E-state index is 12.5. The molecular weight excluding hydrogens is 328 g/mol. The van der Waals surface area contributed by atoms with Crippen LogP contribution in [-0.4, -0.2) is 38.3 Å². The number of nitrogens with one attached hydrogen (secondary N) is 2. The van der Waals surface area contributed by atoms with E-state index in [1.54, 1.807) is 14.2 Å². The summed E-state index contributed by atoms with van der Waals surface area (Å²) in [5.41, 5.74) is 3.27. The molecule has 1 atom stereocenters. The van der Waals surface area contributed by atoms with Gasteiger partial charge in [-0.05, 0) is 29.3 Å². The third-order valence-corrected chi connectivity index (χ3v) is 4.53. The number of methoxy groups -OCH3 is 2. The van der Waals surface area contributed by atoms with Crippen LogP contribution in [0, 0.1) is 0 Å². The minimum atomic E-state index is -0.0420. The molecule has 0 aliphatic carbocycles. The summed E-state index contributed by atoms with van der Waals surface area (Å²) in [7, 11) is 3.27. The van der Waals surface area contributed by atoms with Crippen molar-refractivity contribution in [3.63, 3.8) is 0 Å². The molecule has 2 aromatic carbocycles. The van der Waals surface area contributed by atoms with E-state index in [9.17, 15) is 4.79 Å². The summed E-state index contributed by atoms with van der Waals surface area (Å²) >= 11 is 0. The maximum absolute atomic E-state index is 12.5. The molecule has 0 aliphatic heterocycles. The van der Waals surface area contributed by atoms with Crippen molar-refractivity contribution in [2.24, 2.45) is 0 Å². The van der Waals surface area contributed by atoms with Gasteiger partial charge >= 0.3 is 0 Å². The number of carbonyl (C=O) groups is 1. The Kier molecular flexibility index (Phi) is 5.92. The van der Waals surface area contributed by atoms with Gasteiger partial charge < -0.3 is 19.8 Å². The monoisotopic (exact) mass is 352 g/mol. The van der Waals surface area contributed by atoms with Gasteiger partial charge in [0.25, 0.3) is 0 Å². The normalized spacial score (nSPS) is 12.1. The van der Waals surface area contributed by atoms with Gasteiger partial charge in [-0.3, -0.25) is 4.79 Å². The van der Waals surface area contributed by atoms with Crippen LogP contribution in [0.3, 0.4) is 0 Å². The Morgan fingerprint density at radius 3 is 2.62 bits per heavy atom. The van der Waals surface area contributed by atoms with Gasteiger partial charge in [0.1, 0.15) is 5.75 Å². The molecule has 136 valence electrons. The number of amides is 1. The summed E-state index contributed by atoms with van der Waals surface area (Å²) < 4.78 is 10.3. The zero-order chi connectivity index (χ0) is 18.4. The third kappa shape index (κ3) is 4.06. The Morgan fingerprint density at radius 2 is 1.88 bits per heavy atom. The lowest BCUT2D eigenvalue weighted by Gasteiger charge is -2.17. The van der Waals surface area contributed by atoms with E-state index in [0.717, 1.165) is 27.8 Å². The van der Waals surface area contributed by atoms with Crippen molar-refractivity contribution in [1.82, 2.24) is 10.3 Å². The van der Waals surface area contributed by atoms with Gasteiger partial charge in [-0.2, -0.15) is 0 Å². The molecule has 3 rings (SSSR count). The van der Waals surface area contributed by atoms with Gasteiger partial charge in [-0.1, -0.05) is 30.3 Å². The average Bonchev–Trinajstić information content (AvgIpc) is 3.10. The molecule has 26 heavy (non-hydrogen) atoms. The van der Waals surface area contributed by atoms with Crippen LogP contribution in [0.1, 0.15) is 23.5 Å². The molecule has 1 unspecified atom stereocenters. The summed E-state index contributed by atoms with van der Waals surface area (Å²) in [5, 5.41) is 4.05. The van der Waals surface area contributed by atoms with E-state index in [2.05, 4.69) is 16.4 Å². The van der Waals surface area contributed by atoms with E-state index >= 15 is 0 Å². The van der Waals surface area contributed by atoms with E-state index in [4.69, 9.17) is 9.47 Å². The Morgan fingerprint density at radius 1 is 1.12 bits per heavy atom. The molecule has 1 amide bonds. The summed E-state index contributed by atoms with van der Waals surface area (Å²) in [6, 6.07) is 16.1. The number of H-pyrrole nitrogens is 1. The minimum Gasteiger partial charge on any atom is -0.497 e. The lowest BCUT2D eigenvalue weighted by atomic mass is 9.88. The SMILES string of the molecule is COCCNC(=O)CC(c1ccc(OC)cc1)c1c[nH]c2ccccc12. The number of aromatic nitrogens is 1. The molecule has 0 fully saturated rings. The molecule has 5 nitrogen and oxygen atoms in total. The number of carbonyl (C=O) groups excluding carboxylic acids is 1. The van der Waals surface area contributed by atoms with Crippen LogP contribution in [0.4, 0.5) is 0 Å². The first-order valence-corrected chi connectivity index (χ1v) is 8.68. The van der Waals surface area contributed by atoms with Crippen molar-refractivity contribution in [3.05, 3.63) is 65.9 Å². The van der Waals surface area contributed by atoms with Gasteiger partial charge in [-0.15, -0.1) is 0 Å². The Bertz CT molecular complexity index is 855. The molecule has 0 saturated heterocycles. The predicted molar refractivity (Wildman–Crippen MR) is 103 cm³/mol. The van der Waals surface area contributed by atoms with Crippen LogP contribution in [-0.2, 0) is 9.53 Å². The first-order valence-electron chi connectivity index (χ1n) is 8.68. The number of aromatic amines is 1. The fourth-order valence-corrected chi connectivity index (χ4v) is 3.18. The van der Waals surface area contributed by atoms with E-state index in [0.29, 0.717) is 19.6 Å². The van der Waals surface area contributed by atoms with Crippen LogP contribution < -0.4 is 10.1 Å². The van der Waals surface area contributed by atoms with Gasteiger partial charge in [0.15, 0.2) is 0 Å². The van der Waals surface area contributed by atoms with Gasteiger partial charge in [0.05, 0.1) is 13.7 Å². The molecule has 3 aromatic rings. The van der Waals surface area contributed by atoms with Crippen LogP contribution >= 0.6 is 0 Å². The maximum Gasteiger partial charge on any atom is 0.221 e. The first-order chi connectivity index (χ1) is 12.7. The third-order valence-electron chi connectivity index (χ3n) is 4.53. The van der Waals surface area contributed by atoms with Crippen LogP contribution in [0.25, 0.3) is 10.9 Å². The summed E-state index contributed by atoms with van der Waals surface area (Å²) in [6.07, 6.45) is 2.37. The fraction of sp³-hybridized carbons (Fsp3) is 0.286. The number of hydrogen-bond donors (Lipinski definition) is 2. The Hall–Kier alpha value is -2.79. The molecule has 0 saturated carbocycles. The van der Waals surface area contributed by atoms with Crippen molar-refractivity contribution < 1.29 is 14.3 Å². The fourth-order valence-electron chi connectivity index (χ4n) is 3.18. The molecule has 0 aliphatic rings. The molecular formula is C21H24N2O3. The molecule has 0 radical (unpaired) electrons. The highest BCUT2D eigenvalue weighted by molar-refractivity contribution is 5.86. The van der Waals surface area contributed by atoms with Crippen LogP contribution in [0.15, 0.2) is 54.7 Å². The second-order valence-electron chi connectivity index (χ2n) is 6.16. The largest absolute Gasteiger partial charge is 0.497 e. The van der Waals surface area contributed by atoms with Gasteiger partial charge in [-0.25, -0.2) is 0 Å². The molecule has 0 bridgehead atoms. The summed E-state index contributed by atoms with van der Waals surface area (Å²) in [4.78, 5) is 15.8. The Labute approximate surface area is 153 Å². The highest BCUT2D eigenvalue weighted by Crippen LogP contribution is 2.34. The summed E-state index contributed by atoms with van der Waals surface area (Å²) in [6.45, 7) is 1.02. The van der Waals surface area contributed by atoms with Crippen molar-refractivity contribution in [2.45, 2.75) is 12.3 Å². The molecule has 5 heteroatoms. The number of fused-ring (bicyclic) bond motifs is 1. The molecule has 1 heterocycles. The highest BCUT2D eigenvalue weighted by atomic mass is 16.5. The van der Waals surface area contributed by atoms with Crippen molar-refractivity contribution >= 4 is 16.8 Å².